The third-order valence-corrected chi connectivity index (χ3v) is 6.15. The van der Waals surface area contributed by atoms with Gasteiger partial charge in [-0.25, -0.2) is 0 Å². The summed E-state index contributed by atoms with van der Waals surface area (Å²) in [7, 11) is 0. The Kier molecular flexibility index (Phi) is 4.34. The number of carbonyl (C=O) groups excluding carboxylic acids is 1. The van der Waals surface area contributed by atoms with Gasteiger partial charge in [0.25, 0.3) is 5.91 Å². The minimum Gasteiger partial charge on any atom is -0.372 e. The van der Waals surface area contributed by atoms with E-state index in [0.29, 0.717) is 5.92 Å². The standard InChI is InChI=1S/C21H27N5O/c27-21(16-5-8-18(9-6-16)25-12-1-2-13-25)22-17-7-10-19-23-24-20(15-3-4-15)26(19)14-11-17/h5-6,8-9,15,17H,1-4,7,10-14H2,(H,22,27). The fourth-order valence-corrected chi connectivity index (χ4v) is 4.37. The number of aromatic nitrogens is 3. The highest BCUT2D eigenvalue weighted by atomic mass is 16.1. The van der Waals surface area contributed by atoms with E-state index in [4.69, 9.17) is 0 Å². The molecule has 2 aliphatic heterocycles. The zero-order valence-electron chi connectivity index (χ0n) is 15.7. The number of benzene rings is 1. The Balaban J connectivity index is 1.21. The highest BCUT2D eigenvalue weighted by Gasteiger charge is 2.31. The molecule has 1 aromatic heterocycles. The third-order valence-electron chi connectivity index (χ3n) is 6.15. The van der Waals surface area contributed by atoms with E-state index in [0.717, 1.165) is 56.1 Å². The Labute approximate surface area is 160 Å². The van der Waals surface area contributed by atoms with E-state index in [1.54, 1.807) is 0 Å². The smallest absolute Gasteiger partial charge is 0.251 e. The van der Waals surface area contributed by atoms with Gasteiger partial charge in [-0.2, -0.15) is 0 Å². The molecule has 5 rings (SSSR count). The van der Waals surface area contributed by atoms with Gasteiger partial charge in [0.1, 0.15) is 11.6 Å². The fraction of sp³-hybridized carbons (Fsp3) is 0.571. The average molecular weight is 365 g/mol. The zero-order valence-corrected chi connectivity index (χ0v) is 15.7. The van der Waals surface area contributed by atoms with Crippen LogP contribution in [0.2, 0.25) is 0 Å². The van der Waals surface area contributed by atoms with Gasteiger partial charge >= 0.3 is 0 Å². The summed E-state index contributed by atoms with van der Waals surface area (Å²) in [6.45, 7) is 3.16. The van der Waals surface area contributed by atoms with Crippen LogP contribution in [0.3, 0.4) is 0 Å². The second-order valence-electron chi connectivity index (χ2n) is 8.14. The van der Waals surface area contributed by atoms with Crippen molar-refractivity contribution in [2.24, 2.45) is 0 Å². The highest BCUT2D eigenvalue weighted by molar-refractivity contribution is 5.94. The molecule has 1 unspecified atom stereocenters. The second-order valence-corrected chi connectivity index (χ2v) is 8.14. The van der Waals surface area contributed by atoms with Crippen molar-refractivity contribution in [3.05, 3.63) is 41.5 Å². The normalized spacial score (nSPS) is 22.4. The van der Waals surface area contributed by atoms with Crippen molar-refractivity contribution in [1.82, 2.24) is 20.1 Å². The van der Waals surface area contributed by atoms with Crippen LogP contribution in [0.15, 0.2) is 24.3 Å². The maximum Gasteiger partial charge on any atom is 0.251 e. The number of hydrogen-bond acceptors (Lipinski definition) is 4. The molecule has 1 aromatic carbocycles. The van der Waals surface area contributed by atoms with Crippen molar-refractivity contribution < 1.29 is 4.79 Å². The van der Waals surface area contributed by atoms with Crippen LogP contribution in [-0.4, -0.2) is 39.8 Å². The predicted molar refractivity (Wildman–Crippen MR) is 104 cm³/mol. The first-order valence-corrected chi connectivity index (χ1v) is 10.4. The molecule has 3 heterocycles. The summed E-state index contributed by atoms with van der Waals surface area (Å²) < 4.78 is 2.30. The lowest BCUT2D eigenvalue weighted by Gasteiger charge is -2.19. The van der Waals surface area contributed by atoms with Gasteiger partial charge in [0, 0.05) is 49.3 Å². The molecule has 1 saturated carbocycles. The van der Waals surface area contributed by atoms with Gasteiger partial charge in [-0.15, -0.1) is 10.2 Å². The molecule has 1 aliphatic carbocycles. The first-order valence-electron chi connectivity index (χ1n) is 10.4. The molecule has 1 amide bonds. The Morgan fingerprint density at radius 2 is 1.74 bits per heavy atom. The Hall–Kier alpha value is -2.37. The van der Waals surface area contributed by atoms with Crippen LogP contribution in [0.5, 0.6) is 0 Å². The Morgan fingerprint density at radius 3 is 2.48 bits per heavy atom. The van der Waals surface area contributed by atoms with Crippen molar-refractivity contribution in [3.63, 3.8) is 0 Å². The van der Waals surface area contributed by atoms with Crippen molar-refractivity contribution in [3.8, 4) is 0 Å². The zero-order chi connectivity index (χ0) is 18.2. The van der Waals surface area contributed by atoms with E-state index in [9.17, 15) is 4.79 Å². The van der Waals surface area contributed by atoms with E-state index in [-0.39, 0.29) is 11.9 Å². The van der Waals surface area contributed by atoms with Crippen LogP contribution in [0.25, 0.3) is 0 Å². The van der Waals surface area contributed by atoms with Crippen molar-refractivity contribution >= 4 is 11.6 Å². The number of nitrogens with one attached hydrogen (secondary N) is 1. The monoisotopic (exact) mass is 365 g/mol. The molecule has 0 spiro atoms. The third kappa shape index (κ3) is 3.45. The van der Waals surface area contributed by atoms with Gasteiger partial charge < -0.3 is 14.8 Å². The van der Waals surface area contributed by atoms with Crippen LogP contribution < -0.4 is 10.2 Å². The van der Waals surface area contributed by atoms with E-state index in [2.05, 4.69) is 37.1 Å². The summed E-state index contributed by atoms with van der Waals surface area (Å²) in [5.74, 6) is 2.90. The van der Waals surface area contributed by atoms with Crippen molar-refractivity contribution in [2.75, 3.05) is 18.0 Å². The van der Waals surface area contributed by atoms with Gasteiger partial charge in [0.2, 0.25) is 0 Å². The van der Waals surface area contributed by atoms with Gasteiger partial charge in [-0.1, -0.05) is 0 Å². The number of aryl methyl sites for hydroxylation is 1. The molecule has 6 heteroatoms. The maximum absolute atomic E-state index is 12.7. The fourth-order valence-electron chi connectivity index (χ4n) is 4.37. The summed E-state index contributed by atoms with van der Waals surface area (Å²) in [6.07, 6.45) is 7.78. The molecular formula is C21H27N5O. The lowest BCUT2D eigenvalue weighted by Crippen LogP contribution is -2.35. The summed E-state index contributed by atoms with van der Waals surface area (Å²) in [5, 5.41) is 12.0. The van der Waals surface area contributed by atoms with Gasteiger partial charge in [-0.3, -0.25) is 4.79 Å². The summed E-state index contributed by atoms with van der Waals surface area (Å²) in [6, 6.07) is 8.27. The molecule has 6 nitrogen and oxygen atoms in total. The van der Waals surface area contributed by atoms with E-state index in [1.807, 2.05) is 12.1 Å². The SMILES string of the molecule is O=C(NC1CCc2nnc(C3CC3)n2CC1)c1ccc(N2CCCC2)cc1. The molecule has 1 atom stereocenters. The maximum atomic E-state index is 12.7. The molecule has 1 N–H and O–H groups in total. The van der Waals surface area contributed by atoms with Gasteiger partial charge in [-0.05, 0) is 62.8 Å². The largest absolute Gasteiger partial charge is 0.372 e. The molecule has 0 bridgehead atoms. The minimum absolute atomic E-state index is 0.0352. The number of amides is 1. The topological polar surface area (TPSA) is 63.1 Å². The first-order chi connectivity index (χ1) is 13.3. The quantitative estimate of drug-likeness (QED) is 0.905. The van der Waals surface area contributed by atoms with Crippen LogP contribution in [0.4, 0.5) is 5.69 Å². The van der Waals surface area contributed by atoms with Crippen LogP contribution in [0.1, 0.15) is 66.4 Å². The van der Waals surface area contributed by atoms with E-state index in [1.165, 1.54) is 31.4 Å². The number of anilines is 1. The number of hydrogen-bond donors (Lipinski definition) is 1. The average Bonchev–Trinajstić information content (AvgIpc) is 3.29. The molecule has 142 valence electrons. The lowest BCUT2D eigenvalue weighted by atomic mass is 10.1. The second kappa shape index (κ2) is 6.98. The first kappa shape index (κ1) is 16.8. The van der Waals surface area contributed by atoms with Gasteiger partial charge in [0.15, 0.2) is 0 Å². The molecule has 3 aliphatic rings. The van der Waals surface area contributed by atoms with Gasteiger partial charge in [0.05, 0.1) is 0 Å². The van der Waals surface area contributed by atoms with Crippen LogP contribution in [0, 0.1) is 0 Å². The summed E-state index contributed by atoms with van der Waals surface area (Å²) in [4.78, 5) is 15.1. The highest BCUT2D eigenvalue weighted by Crippen LogP contribution is 2.39. The van der Waals surface area contributed by atoms with E-state index < -0.39 is 0 Å². The van der Waals surface area contributed by atoms with Crippen molar-refractivity contribution in [1.29, 1.82) is 0 Å². The summed E-state index contributed by atoms with van der Waals surface area (Å²) >= 11 is 0. The molecule has 2 aromatic rings. The minimum atomic E-state index is 0.0352. The summed E-state index contributed by atoms with van der Waals surface area (Å²) in [5.41, 5.74) is 1.98. The van der Waals surface area contributed by atoms with Crippen molar-refractivity contribution in [2.45, 2.75) is 63.5 Å². The predicted octanol–water partition coefficient (Wildman–Crippen LogP) is 2.89. The number of nitrogens with zero attached hydrogens (tertiary/aromatic N) is 4. The lowest BCUT2D eigenvalue weighted by molar-refractivity contribution is 0.0933. The molecule has 1 saturated heterocycles. The molecular weight excluding hydrogens is 338 g/mol. The number of carbonyl (C=O) groups is 1. The molecule has 27 heavy (non-hydrogen) atoms. The Morgan fingerprint density at radius 1 is 0.963 bits per heavy atom. The number of rotatable bonds is 4. The van der Waals surface area contributed by atoms with E-state index >= 15 is 0 Å². The van der Waals surface area contributed by atoms with Crippen LogP contribution in [-0.2, 0) is 13.0 Å². The number of fused-ring (bicyclic) bond motifs is 1. The molecule has 0 radical (unpaired) electrons. The molecule has 2 fully saturated rings. The van der Waals surface area contributed by atoms with Crippen LogP contribution >= 0.6 is 0 Å². The Bertz CT molecular complexity index is 818.